The summed E-state index contributed by atoms with van der Waals surface area (Å²) in [6, 6.07) is 17.9. The van der Waals surface area contributed by atoms with Crippen LogP contribution in [0.4, 0.5) is 5.69 Å². The molecule has 0 unspecified atom stereocenters. The second-order valence-electron chi connectivity index (χ2n) is 6.37. The lowest BCUT2D eigenvalue weighted by Crippen LogP contribution is -2.22. The first-order chi connectivity index (χ1) is 14.6. The molecule has 0 fully saturated rings. The molecule has 2 aromatic carbocycles. The molecule has 0 saturated carbocycles. The molecular formula is C23H17NO5S. The number of hydrogen-bond donors (Lipinski definition) is 1. The van der Waals surface area contributed by atoms with E-state index in [4.69, 9.17) is 9.15 Å². The van der Waals surface area contributed by atoms with Gasteiger partial charge in [0.15, 0.2) is 0 Å². The fraction of sp³-hybridized carbons (Fsp3) is 0.0870. The molecule has 6 nitrogen and oxygen atoms in total. The molecule has 0 bridgehead atoms. The Morgan fingerprint density at radius 3 is 2.57 bits per heavy atom. The first-order valence-electron chi connectivity index (χ1n) is 9.26. The summed E-state index contributed by atoms with van der Waals surface area (Å²) in [6.45, 7) is 1.92. The number of carbonyl (C=O) groups excluding carboxylic acids is 2. The van der Waals surface area contributed by atoms with Crippen LogP contribution in [0.2, 0.25) is 0 Å². The van der Waals surface area contributed by atoms with E-state index in [0.717, 1.165) is 16.7 Å². The molecule has 4 rings (SSSR count). The molecule has 0 aliphatic heterocycles. The van der Waals surface area contributed by atoms with Gasteiger partial charge in [0, 0.05) is 4.88 Å². The second-order valence-corrected chi connectivity index (χ2v) is 7.42. The van der Waals surface area contributed by atoms with Crippen molar-refractivity contribution in [3.8, 4) is 10.4 Å². The van der Waals surface area contributed by atoms with Crippen LogP contribution in [-0.4, -0.2) is 18.5 Å². The fourth-order valence-corrected chi connectivity index (χ4v) is 4.01. The van der Waals surface area contributed by atoms with Gasteiger partial charge >= 0.3 is 5.97 Å². The SMILES string of the molecule is CCOC(=O)c1sc(-c2ccccc2)cc1NC(=O)c1coc2ccccc2c1=O. The second kappa shape index (κ2) is 8.34. The molecule has 0 spiro atoms. The molecule has 7 heteroatoms. The highest BCUT2D eigenvalue weighted by Gasteiger charge is 2.22. The van der Waals surface area contributed by atoms with Gasteiger partial charge in [-0.3, -0.25) is 9.59 Å². The lowest BCUT2D eigenvalue weighted by atomic mass is 10.1. The van der Waals surface area contributed by atoms with Crippen molar-refractivity contribution in [1.82, 2.24) is 0 Å². The smallest absolute Gasteiger partial charge is 0.350 e. The molecule has 150 valence electrons. The van der Waals surface area contributed by atoms with Crippen LogP contribution in [0.3, 0.4) is 0 Å². The Labute approximate surface area is 175 Å². The molecule has 0 atom stereocenters. The van der Waals surface area contributed by atoms with Gasteiger partial charge in [-0.25, -0.2) is 4.79 Å². The molecule has 0 saturated heterocycles. The fourth-order valence-electron chi connectivity index (χ4n) is 3.00. The maximum atomic E-state index is 12.8. The van der Waals surface area contributed by atoms with Gasteiger partial charge in [0.2, 0.25) is 5.43 Å². The standard InChI is InChI=1S/C23H17NO5S/c1-2-28-23(27)21-17(12-19(30-21)14-8-4-3-5-9-14)24-22(26)16-13-29-18-11-7-6-10-15(18)20(16)25/h3-13H,2H2,1H3,(H,24,26). The number of para-hydroxylation sites is 1. The highest BCUT2D eigenvalue weighted by atomic mass is 32.1. The summed E-state index contributed by atoms with van der Waals surface area (Å²) in [5.74, 6) is -1.19. The predicted octanol–water partition coefficient (Wildman–Crippen LogP) is 4.95. The van der Waals surface area contributed by atoms with E-state index in [2.05, 4.69) is 5.32 Å². The number of carbonyl (C=O) groups is 2. The van der Waals surface area contributed by atoms with Crippen molar-refractivity contribution in [2.75, 3.05) is 11.9 Å². The number of nitrogens with one attached hydrogen (secondary N) is 1. The first-order valence-corrected chi connectivity index (χ1v) is 10.1. The third-order valence-electron chi connectivity index (χ3n) is 4.42. The van der Waals surface area contributed by atoms with Gasteiger partial charge in [-0.05, 0) is 30.7 Å². The molecule has 1 N–H and O–H groups in total. The Morgan fingerprint density at radius 1 is 1.07 bits per heavy atom. The quantitative estimate of drug-likeness (QED) is 0.463. The monoisotopic (exact) mass is 419 g/mol. The number of ether oxygens (including phenoxy) is 1. The van der Waals surface area contributed by atoms with E-state index in [1.165, 1.54) is 11.3 Å². The van der Waals surface area contributed by atoms with Crippen LogP contribution in [0.15, 0.2) is 76.1 Å². The van der Waals surface area contributed by atoms with Crippen LogP contribution in [0.5, 0.6) is 0 Å². The Bertz CT molecular complexity index is 1290. The van der Waals surface area contributed by atoms with Crippen molar-refractivity contribution >= 4 is 39.9 Å². The van der Waals surface area contributed by atoms with Crippen LogP contribution in [0, 0.1) is 0 Å². The molecular weight excluding hydrogens is 402 g/mol. The van der Waals surface area contributed by atoms with E-state index in [9.17, 15) is 14.4 Å². The van der Waals surface area contributed by atoms with Gasteiger partial charge in [0.25, 0.3) is 5.91 Å². The third kappa shape index (κ3) is 3.75. The number of esters is 1. The molecule has 0 radical (unpaired) electrons. The highest BCUT2D eigenvalue weighted by molar-refractivity contribution is 7.18. The van der Waals surface area contributed by atoms with Gasteiger partial charge in [-0.1, -0.05) is 42.5 Å². The molecule has 0 aliphatic carbocycles. The Kier molecular flexibility index (Phi) is 5.45. The van der Waals surface area contributed by atoms with Crippen molar-refractivity contribution in [3.63, 3.8) is 0 Å². The van der Waals surface area contributed by atoms with Crippen molar-refractivity contribution in [1.29, 1.82) is 0 Å². The number of rotatable bonds is 5. The summed E-state index contributed by atoms with van der Waals surface area (Å²) >= 11 is 1.21. The summed E-state index contributed by atoms with van der Waals surface area (Å²) < 4.78 is 10.5. The minimum Gasteiger partial charge on any atom is -0.463 e. The molecule has 2 aromatic heterocycles. The van der Waals surface area contributed by atoms with E-state index in [1.54, 1.807) is 37.3 Å². The summed E-state index contributed by atoms with van der Waals surface area (Å²) in [7, 11) is 0. The van der Waals surface area contributed by atoms with Crippen LogP contribution in [0.25, 0.3) is 21.4 Å². The highest BCUT2D eigenvalue weighted by Crippen LogP contribution is 2.35. The largest absolute Gasteiger partial charge is 0.463 e. The number of benzene rings is 2. The minimum atomic E-state index is -0.655. The van der Waals surface area contributed by atoms with Crippen molar-refractivity contribution in [2.45, 2.75) is 6.92 Å². The Morgan fingerprint density at radius 2 is 1.80 bits per heavy atom. The Balaban J connectivity index is 1.72. The lowest BCUT2D eigenvalue weighted by molar-refractivity contribution is 0.0533. The maximum Gasteiger partial charge on any atom is 0.350 e. The van der Waals surface area contributed by atoms with Gasteiger partial charge in [0.05, 0.1) is 17.7 Å². The zero-order valence-corrected chi connectivity index (χ0v) is 16.8. The zero-order chi connectivity index (χ0) is 21.1. The number of fused-ring (bicyclic) bond motifs is 1. The molecule has 1 amide bonds. The van der Waals surface area contributed by atoms with E-state index in [1.807, 2.05) is 30.3 Å². The van der Waals surface area contributed by atoms with Crippen molar-refractivity contribution in [3.05, 3.63) is 87.6 Å². The average molecular weight is 419 g/mol. The summed E-state index contributed by atoms with van der Waals surface area (Å²) in [5.41, 5.74) is 1.00. The molecule has 4 aromatic rings. The van der Waals surface area contributed by atoms with Gasteiger partial charge in [-0.15, -0.1) is 11.3 Å². The van der Waals surface area contributed by atoms with Crippen LogP contribution < -0.4 is 10.7 Å². The number of anilines is 1. The van der Waals surface area contributed by atoms with Crippen LogP contribution in [0.1, 0.15) is 27.0 Å². The van der Waals surface area contributed by atoms with Crippen LogP contribution >= 0.6 is 11.3 Å². The summed E-state index contributed by atoms with van der Waals surface area (Å²) in [6.07, 6.45) is 1.13. The first kappa shape index (κ1) is 19.6. The third-order valence-corrected chi connectivity index (χ3v) is 5.59. The number of hydrogen-bond acceptors (Lipinski definition) is 6. The van der Waals surface area contributed by atoms with Crippen molar-refractivity contribution < 1.29 is 18.7 Å². The molecule has 30 heavy (non-hydrogen) atoms. The Hall–Kier alpha value is -3.71. The number of amides is 1. The van der Waals surface area contributed by atoms with E-state index >= 15 is 0 Å². The summed E-state index contributed by atoms with van der Waals surface area (Å²) in [4.78, 5) is 39.0. The zero-order valence-electron chi connectivity index (χ0n) is 16.0. The normalized spacial score (nSPS) is 10.7. The van der Waals surface area contributed by atoms with E-state index in [0.29, 0.717) is 11.0 Å². The van der Waals surface area contributed by atoms with Gasteiger partial charge < -0.3 is 14.5 Å². The predicted molar refractivity (Wildman–Crippen MR) is 116 cm³/mol. The van der Waals surface area contributed by atoms with E-state index < -0.39 is 17.3 Å². The lowest BCUT2D eigenvalue weighted by Gasteiger charge is -2.06. The summed E-state index contributed by atoms with van der Waals surface area (Å²) in [5, 5.41) is 2.98. The maximum absolute atomic E-state index is 12.8. The molecule has 0 aliphatic rings. The minimum absolute atomic E-state index is 0.143. The van der Waals surface area contributed by atoms with Gasteiger partial charge in [0.1, 0.15) is 22.3 Å². The van der Waals surface area contributed by atoms with Crippen molar-refractivity contribution in [2.24, 2.45) is 0 Å². The number of thiophene rings is 1. The van der Waals surface area contributed by atoms with Gasteiger partial charge in [-0.2, -0.15) is 0 Å². The topological polar surface area (TPSA) is 85.6 Å². The van der Waals surface area contributed by atoms with E-state index in [-0.39, 0.29) is 22.7 Å². The average Bonchev–Trinajstić information content (AvgIpc) is 3.19. The molecule has 2 heterocycles. The van der Waals surface area contributed by atoms with Crippen LogP contribution in [-0.2, 0) is 4.74 Å².